The highest BCUT2D eigenvalue weighted by molar-refractivity contribution is 5.26. The first-order chi connectivity index (χ1) is 14.3. The van der Waals surface area contributed by atoms with Crippen LogP contribution < -0.4 is 5.32 Å². The van der Waals surface area contributed by atoms with E-state index >= 15 is 0 Å². The number of hydrogen-bond acceptors (Lipinski definition) is 3. The molecule has 5 fully saturated rings. The Kier molecular flexibility index (Phi) is 4.44. The molecule has 3 saturated carbocycles. The molecule has 0 unspecified atom stereocenters. The van der Waals surface area contributed by atoms with Crippen molar-refractivity contribution in [2.75, 3.05) is 6.54 Å². The van der Waals surface area contributed by atoms with Gasteiger partial charge in [-0.15, -0.1) is 0 Å². The predicted molar refractivity (Wildman–Crippen MR) is 120 cm³/mol. The second kappa shape index (κ2) is 6.58. The Balaban J connectivity index is 1.28. The van der Waals surface area contributed by atoms with Gasteiger partial charge in [0.25, 0.3) is 0 Å². The molecule has 2 saturated heterocycles. The van der Waals surface area contributed by atoms with Gasteiger partial charge in [0, 0.05) is 12.5 Å². The minimum Gasteiger partial charge on any atom is -0.393 e. The van der Waals surface area contributed by atoms with E-state index in [1.807, 2.05) is 0 Å². The summed E-state index contributed by atoms with van der Waals surface area (Å²) in [6.45, 7) is 11.2. The van der Waals surface area contributed by atoms with E-state index in [0.29, 0.717) is 22.9 Å². The summed E-state index contributed by atoms with van der Waals surface area (Å²) in [5.41, 5.74) is 2.33. The number of piperidine rings is 1. The van der Waals surface area contributed by atoms with Crippen LogP contribution >= 0.6 is 0 Å². The van der Waals surface area contributed by atoms with Crippen molar-refractivity contribution in [2.24, 2.45) is 46.3 Å². The van der Waals surface area contributed by atoms with Gasteiger partial charge in [-0.3, -0.25) is 5.32 Å². The maximum atomic E-state index is 10.3. The molecule has 168 valence electrons. The molecule has 30 heavy (non-hydrogen) atoms. The third kappa shape index (κ3) is 2.55. The van der Waals surface area contributed by atoms with Gasteiger partial charge < -0.3 is 9.84 Å². The van der Waals surface area contributed by atoms with Crippen molar-refractivity contribution in [1.29, 1.82) is 0 Å². The van der Waals surface area contributed by atoms with Gasteiger partial charge >= 0.3 is 0 Å². The molecule has 6 rings (SSSR count). The molecule has 6 aliphatic rings. The van der Waals surface area contributed by atoms with E-state index in [-0.39, 0.29) is 11.8 Å². The summed E-state index contributed by atoms with van der Waals surface area (Å²) in [6.07, 6.45) is 13.8. The topological polar surface area (TPSA) is 41.5 Å². The maximum absolute atomic E-state index is 10.3. The average Bonchev–Trinajstić information content (AvgIpc) is 3.16. The van der Waals surface area contributed by atoms with Gasteiger partial charge in [0.15, 0.2) is 0 Å². The van der Waals surface area contributed by atoms with Gasteiger partial charge in [0.2, 0.25) is 0 Å². The summed E-state index contributed by atoms with van der Waals surface area (Å²) in [4.78, 5) is 0. The Morgan fingerprint density at radius 1 is 1.07 bits per heavy atom. The van der Waals surface area contributed by atoms with Crippen molar-refractivity contribution in [3.05, 3.63) is 11.6 Å². The fourth-order valence-corrected chi connectivity index (χ4v) is 9.84. The van der Waals surface area contributed by atoms with Crippen molar-refractivity contribution in [3.63, 3.8) is 0 Å². The van der Waals surface area contributed by atoms with Crippen LogP contribution in [0, 0.1) is 46.3 Å². The van der Waals surface area contributed by atoms with Crippen LogP contribution in [-0.4, -0.2) is 29.6 Å². The normalized spacial score (nSPS) is 59.8. The molecule has 0 bridgehead atoms. The van der Waals surface area contributed by atoms with Gasteiger partial charge in [-0.05, 0) is 98.2 Å². The number of nitrogens with one attached hydrogen (secondary N) is 1. The Morgan fingerprint density at radius 2 is 1.90 bits per heavy atom. The van der Waals surface area contributed by atoms with Crippen molar-refractivity contribution >= 4 is 0 Å². The van der Waals surface area contributed by atoms with Gasteiger partial charge in [0.1, 0.15) is 5.72 Å². The monoisotopic (exact) mass is 413 g/mol. The van der Waals surface area contributed by atoms with Crippen LogP contribution in [0.5, 0.6) is 0 Å². The molecule has 0 amide bonds. The molecule has 4 aliphatic carbocycles. The van der Waals surface area contributed by atoms with Crippen LogP contribution in [0.1, 0.15) is 85.5 Å². The first-order valence-electron chi connectivity index (χ1n) is 13.1. The van der Waals surface area contributed by atoms with Crippen LogP contribution in [0.15, 0.2) is 11.6 Å². The zero-order valence-electron chi connectivity index (χ0n) is 19.6. The zero-order valence-corrected chi connectivity index (χ0v) is 19.6. The quantitative estimate of drug-likeness (QED) is 0.530. The number of allylic oxidation sites excluding steroid dienone is 1. The molecule has 11 atom stereocenters. The van der Waals surface area contributed by atoms with Crippen molar-refractivity contribution < 1.29 is 9.84 Å². The van der Waals surface area contributed by atoms with Crippen molar-refractivity contribution in [2.45, 2.75) is 103 Å². The van der Waals surface area contributed by atoms with Crippen LogP contribution in [0.2, 0.25) is 0 Å². The Labute approximate surface area is 183 Å². The number of fused-ring (bicyclic) bond motifs is 7. The highest BCUT2D eigenvalue weighted by Gasteiger charge is 2.68. The van der Waals surface area contributed by atoms with Crippen LogP contribution in [0.25, 0.3) is 0 Å². The van der Waals surface area contributed by atoms with Crippen LogP contribution in [0.3, 0.4) is 0 Å². The molecule has 3 heteroatoms. The van der Waals surface area contributed by atoms with Crippen molar-refractivity contribution in [1.82, 2.24) is 5.32 Å². The second-order valence-corrected chi connectivity index (χ2v) is 12.8. The smallest absolute Gasteiger partial charge is 0.122 e. The highest BCUT2D eigenvalue weighted by Crippen LogP contribution is 2.70. The first kappa shape index (κ1) is 20.2. The lowest BCUT2D eigenvalue weighted by Crippen LogP contribution is -2.57. The molecule has 0 aromatic rings. The summed E-state index contributed by atoms with van der Waals surface area (Å²) < 4.78 is 7.00. The molecule has 2 heterocycles. The van der Waals surface area contributed by atoms with Gasteiger partial charge in [-0.2, -0.15) is 0 Å². The minimum atomic E-state index is -0.100. The Morgan fingerprint density at radius 3 is 2.67 bits per heavy atom. The molecule has 0 radical (unpaired) electrons. The SMILES string of the molecule is C[C@H]1CC[C@@]2(NC1)O[C@@H]1C[C@@H]3[C@H]4CC=C5C[C@@H](O)CC[C@]5(C)[C@@H]4CC[C@]3(C)[C@@H]1[C@H]2C. The summed E-state index contributed by atoms with van der Waals surface area (Å²) in [5, 5.41) is 14.1. The van der Waals surface area contributed by atoms with E-state index in [0.717, 1.165) is 49.0 Å². The zero-order chi connectivity index (χ0) is 20.9. The Hall–Kier alpha value is -0.380. The van der Waals surface area contributed by atoms with E-state index in [1.54, 1.807) is 5.57 Å². The molecule has 1 spiro atoms. The second-order valence-electron chi connectivity index (χ2n) is 12.8. The molecule has 3 nitrogen and oxygen atoms in total. The third-order valence-corrected chi connectivity index (χ3v) is 11.6. The molecular weight excluding hydrogens is 370 g/mol. The number of aliphatic hydroxyl groups is 1. The lowest BCUT2D eigenvalue weighted by atomic mass is 9.47. The number of ether oxygens (including phenoxy) is 1. The van der Waals surface area contributed by atoms with E-state index < -0.39 is 0 Å². The summed E-state index contributed by atoms with van der Waals surface area (Å²) >= 11 is 0. The van der Waals surface area contributed by atoms with E-state index in [1.165, 1.54) is 44.9 Å². The first-order valence-corrected chi connectivity index (χ1v) is 13.1. The average molecular weight is 414 g/mol. The molecule has 0 aromatic heterocycles. The predicted octanol–water partition coefficient (Wildman–Crippen LogP) is 5.29. The highest BCUT2D eigenvalue weighted by atomic mass is 16.5. The molecular formula is C27H43NO2. The largest absolute Gasteiger partial charge is 0.393 e. The maximum Gasteiger partial charge on any atom is 0.122 e. The number of rotatable bonds is 0. The lowest BCUT2D eigenvalue weighted by molar-refractivity contribution is -0.115. The fourth-order valence-electron chi connectivity index (χ4n) is 9.84. The Bertz CT molecular complexity index is 739. The molecule has 0 aromatic carbocycles. The standard InChI is InChI=1S/C27H43NO2/c1-16-7-12-27(28-15-16)17(2)24-23(30-27)14-22-20-6-5-18-13-19(29)8-10-25(18,3)21(20)9-11-26(22,24)4/h5,16-17,19-24,28-29H,6-15H2,1-4H3/t16-,17+,19-,20-,21+,22+,23+,24+,25-,26-,27+/m0/s1. The van der Waals surface area contributed by atoms with Gasteiger partial charge in [0.05, 0.1) is 12.2 Å². The fraction of sp³-hybridized carbons (Fsp3) is 0.926. The molecule has 2 aliphatic heterocycles. The van der Waals surface area contributed by atoms with Crippen LogP contribution in [0.4, 0.5) is 0 Å². The van der Waals surface area contributed by atoms with E-state index in [2.05, 4.69) is 39.1 Å². The number of aliphatic hydroxyl groups excluding tert-OH is 1. The van der Waals surface area contributed by atoms with Crippen LogP contribution in [-0.2, 0) is 4.74 Å². The van der Waals surface area contributed by atoms with Crippen molar-refractivity contribution in [3.8, 4) is 0 Å². The summed E-state index contributed by atoms with van der Waals surface area (Å²) in [5.74, 6) is 4.58. The van der Waals surface area contributed by atoms with Gasteiger partial charge in [-0.25, -0.2) is 0 Å². The van der Waals surface area contributed by atoms with E-state index in [9.17, 15) is 5.11 Å². The summed E-state index contributed by atoms with van der Waals surface area (Å²) in [6, 6.07) is 0. The van der Waals surface area contributed by atoms with E-state index in [4.69, 9.17) is 4.74 Å². The number of hydrogen-bond donors (Lipinski definition) is 2. The van der Waals surface area contributed by atoms with Gasteiger partial charge in [-0.1, -0.05) is 39.3 Å². The lowest BCUT2D eigenvalue weighted by Gasteiger charge is -2.58. The summed E-state index contributed by atoms with van der Waals surface area (Å²) in [7, 11) is 0. The molecule has 2 N–H and O–H groups in total. The third-order valence-electron chi connectivity index (χ3n) is 11.6. The minimum absolute atomic E-state index is 0.0439.